The number of aliphatic hydroxyl groups is 1. The lowest BCUT2D eigenvalue weighted by Gasteiger charge is -2.23. The molecule has 1 N–H and O–H groups in total. The predicted octanol–water partition coefficient (Wildman–Crippen LogP) is 7.61. The van der Waals surface area contributed by atoms with Crippen molar-refractivity contribution < 1.29 is 24.2 Å². The summed E-state index contributed by atoms with van der Waals surface area (Å²) >= 11 is 8.97. The predicted molar refractivity (Wildman–Crippen MR) is 173 cm³/mol. The maximum atomic E-state index is 13.7. The summed E-state index contributed by atoms with van der Waals surface area (Å²) < 4.78 is 12.4. The van der Waals surface area contributed by atoms with Crippen molar-refractivity contribution in [2.24, 2.45) is 0 Å². The minimum absolute atomic E-state index is 0.0193. The first-order chi connectivity index (χ1) is 21.3. The molecule has 0 saturated carbocycles. The molecule has 2 atom stereocenters. The number of ether oxygens (including phenoxy) is 2. The lowest BCUT2D eigenvalue weighted by Crippen LogP contribution is -2.29. The van der Waals surface area contributed by atoms with Crippen LogP contribution in [0.5, 0.6) is 11.5 Å². The van der Waals surface area contributed by atoms with Crippen LogP contribution in [0.1, 0.15) is 55.0 Å². The number of benzene rings is 3. The molecule has 11 heteroatoms. The summed E-state index contributed by atoms with van der Waals surface area (Å²) in [4.78, 5) is 28.7. The number of halogens is 1. The SMILES string of the molecule is CCCCOc1cccc([C@H]2/C(=C(\O)c3ccc4c(c3)C[C@H](C)O4)C(=O)C(=O)N2c2nnc(SCc3ccccc3Cl)s2)c1. The second kappa shape index (κ2) is 13.0. The third-order valence-electron chi connectivity index (χ3n) is 7.47. The number of ketones is 1. The molecule has 1 amide bonds. The molecule has 0 spiro atoms. The Hall–Kier alpha value is -3.86. The van der Waals surface area contributed by atoms with Gasteiger partial charge in [0.25, 0.3) is 5.78 Å². The topological polar surface area (TPSA) is 102 Å². The van der Waals surface area contributed by atoms with Crippen LogP contribution in [0.2, 0.25) is 5.02 Å². The van der Waals surface area contributed by atoms with Gasteiger partial charge in [-0.1, -0.05) is 78.4 Å². The molecule has 0 bridgehead atoms. The van der Waals surface area contributed by atoms with E-state index < -0.39 is 17.7 Å². The van der Waals surface area contributed by atoms with Gasteiger partial charge in [-0.05, 0) is 66.4 Å². The molecule has 2 aliphatic rings. The van der Waals surface area contributed by atoms with Crippen LogP contribution >= 0.6 is 34.7 Å². The van der Waals surface area contributed by atoms with Gasteiger partial charge >= 0.3 is 5.91 Å². The summed E-state index contributed by atoms with van der Waals surface area (Å²) in [5.74, 6) is 0.0839. The Balaban J connectivity index is 1.39. The van der Waals surface area contributed by atoms with Crippen LogP contribution < -0.4 is 14.4 Å². The van der Waals surface area contributed by atoms with E-state index >= 15 is 0 Å². The van der Waals surface area contributed by atoms with E-state index in [2.05, 4.69) is 17.1 Å². The minimum Gasteiger partial charge on any atom is -0.507 e. The van der Waals surface area contributed by atoms with Crippen molar-refractivity contribution in [1.82, 2.24) is 10.2 Å². The highest BCUT2D eigenvalue weighted by Gasteiger charge is 2.48. The van der Waals surface area contributed by atoms with Gasteiger partial charge in [-0.15, -0.1) is 10.2 Å². The van der Waals surface area contributed by atoms with Crippen LogP contribution in [0.15, 0.2) is 76.6 Å². The number of Topliss-reactive ketones (excluding diaryl/α,β-unsaturated/α-hetero) is 1. The molecule has 3 aromatic carbocycles. The van der Waals surface area contributed by atoms with Crippen LogP contribution in [-0.4, -0.2) is 39.7 Å². The number of aromatic nitrogens is 2. The molecule has 1 saturated heterocycles. The third kappa shape index (κ3) is 6.06. The molecule has 0 unspecified atom stereocenters. The second-order valence-electron chi connectivity index (χ2n) is 10.6. The molecule has 44 heavy (non-hydrogen) atoms. The summed E-state index contributed by atoms with van der Waals surface area (Å²) in [6.07, 6.45) is 2.58. The van der Waals surface area contributed by atoms with Gasteiger partial charge < -0.3 is 14.6 Å². The molecule has 0 radical (unpaired) electrons. The van der Waals surface area contributed by atoms with Gasteiger partial charge in [0, 0.05) is 22.8 Å². The van der Waals surface area contributed by atoms with Gasteiger partial charge in [0.2, 0.25) is 5.13 Å². The van der Waals surface area contributed by atoms with Gasteiger partial charge in [-0.25, -0.2) is 0 Å². The maximum absolute atomic E-state index is 13.7. The van der Waals surface area contributed by atoms with E-state index in [1.165, 1.54) is 28.0 Å². The van der Waals surface area contributed by atoms with Crippen molar-refractivity contribution >= 4 is 57.3 Å². The zero-order chi connectivity index (χ0) is 30.8. The lowest BCUT2D eigenvalue weighted by molar-refractivity contribution is -0.132. The first-order valence-electron chi connectivity index (χ1n) is 14.4. The summed E-state index contributed by atoms with van der Waals surface area (Å²) in [5, 5.41) is 21.2. The lowest BCUT2D eigenvalue weighted by atomic mass is 9.94. The number of fused-ring (bicyclic) bond motifs is 1. The number of aliphatic hydroxyl groups excluding tert-OH is 1. The van der Waals surface area contributed by atoms with Crippen molar-refractivity contribution in [3.05, 3.63) is 99.6 Å². The van der Waals surface area contributed by atoms with Gasteiger partial charge in [0.05, 0.1) is 18.2 Å². The number of thioether (sulfide) groups is 1. The van der Waals surface area contributed by atoms with E-state index in [4.69, 9.17) is 21.1 Å². The van der Waals surface area contributed by atoms with E-state index in [-0.39, 0.29) is 22.6 Å². The van der Waals surface area contributed by atoms with Gasteiger partial charge in [0.1, 0.15) is 23.4 Å². The van der Waals surface area contributed by atoms with E-state index in [1.807, 2.05) is 55.5 Å². The highest BCUT2D eigenvalue weighted by Crippen LogP contribution is 2.45. The van der Waals surface area contributed by atoms with Gasteiger partial charge in [-0.3, -0.25) is 14.5 Å². The maximum Gasteiger partial charge on any atom is 0.301 e. The van der Waals surface area contributed by atoms with E-state index in [1.54, 1.807) is 18.2 Å². The number of hydrogen-bond acceptors (Lipinski definition) is 9. The van der Waals surface area contributed by atoms with Gasteiger partial charge in [-0.2, -0.15) is 0 Å². The van der Waals surface area contributed by atoms with Crippen LogP contribution in [0.25, 0.3) is 5.76 Å². The number of carbonyl (C=O) groups excluding carboxylic acids is 2. The van der Waals surface area contributed by atoms with Crippen molar-refractivity contribution in [2.45, 2.75) is 55.3 Å². The number of nitrogens with zero attached hydrogens (tertiary/aromatic N) is 3. The minimum atomic E-state index is -0.942. The molecule has 4 aromatic rings. The van der Waals surface area contributed by atoms with Crippen LogP contribution in [0.3, 0.4) is 0 Å². The average Bonchev–Trinajstić information content (AvgIpc) is 3.71. The van der Waals surface area contributed by atoms with Crippen LogP contribution in [-0.2, 0) is 21.8 Å². The first-order valence-corrected chi connectivity index (χ1v) is 16.6. The number of carbonyl (C=O) groups is 2. The molecule has 3 heterocycles. The molecule has 6 rings (SSSR count). The van der Waals surface area contributed by atoms with E-state index in [0.29, 0.717) is 45.0 Å². The molecule has 8 nitrogen and oxygen atoms in total. The second-order valence-corrected chi connectivity index (χ2v) is 13.2. The Bertz CT molecular complexity index is 1760. The molecular formula is C33H30ClN3O5S2. The Labute approximate surface area is 268 Å². The number of anilines is 1. The number of rotatable bonds is 10. The zero-order valence-electron chi connectivity index (χ0n) is 24.2. The number of hydrogen-bond donors (Lipinski definition) is 1. The summed E-state index contributed by atoms with van der Waals surface area (Å²) in [5.41, 5.74) is 2.91. The standard InChI is InChI=1S/C33H30ClN3O5S2/c1-3-4-14-41-24-10-7-9-20(17-24)28-27(29(38)21-12-13-26-23(16-21)15-19(2)42-26)30(39)31(40)37(28)32-35-36-33(44-32)43-18-22-8-5-6-11-25(22)34/h5-13,16-17,19,28,38H,3-4,14-15,18H2,1-2H3/b29-27+/t19-,28-/m0/s1. The van der Waals surface area contributed by atoms with Crippen molar-refractivity contribution in [2.75, 3.05) is 11.5 Å². The summed E-state index contributed by atoms with van der Waals surface area (Å²) in [6.45, 7) is 4.60. The number of unbranched alkanes of at least 4 members (excludes halogenated alkanes) is 1. The molecule has 1 fully saturated rings. The van der Waals surface area contributed by atoms with Crippen molar-refractivity contribution in [3.63, 3.8) is 0 Å². The smallest absolute Gasteiger partial charge is 0.301 e. The van der Waals surface area contributed by atoms with E-state index in [0.717, 1.165) is 29.7 Å². The Morgan fingerprint density at radius 2 is 1.98 bits per heavy atom. The fraction of sp³-hybridized carbons (Fsp3) is 0.273. The fourth-order valence-electron chi connectivity index (χ4n) is 5.29. The van der Waals surface area contributed by atoms with Gasteiger partial charge in [0.15, 0.2) is 4.34 Å². The highest BCUT2D eigenvalue weighted by molar-refractivity contribution is 8.00. The molecule has 1 aromatic heterocycles. The zero-order valence-corrected chi connectivity index (χ0v) is 26.5. The van der Waals surface area contributed by atoms with E-state index in [9.17, 15) is 14.7 Å². The molecule has 2 aliphatic heterocycles. The van der Waals surface area contributed by atoms with Crippen molar-refractivity contribution in [3.8, 4) is 11.5 Å². The van der Waals surface area contributed by atoms with Crippen molar-refractivity contribution in [1.29, 1.82) is 0 Å². The third-order valence-corrected chi connectivity index (χ3v) is 9.94. The van der Waals surface area contributed by atoms with Crippen LogP contribution in [0, 0.1) is 0 Å². The first kappa shape index (κ1) is 30.2. The Kier molecular flexibility index (Phi) is 8.93. The molecule has 226 valence electrons. The fourth-order valence-corrected chi connectivity index (χ4v) is 7.45. The largest absolute Gasteiger partial charge is 0.507 e. The summed E-state index contributed by atoms with van der Waals surface area (Å²) in [6, 6.07) is 19.2. The normalized spacial score (nSPS) is 18.8. The average molecular weight is 648 g/mol. The summed E-state index contributed by atoms with van der Waals surface area (Å²) in [7, 11) is 0. The highest BCUT2D eigenvalue weighted by atomic mass is 35.5. The number of amides is 1. The van der Waals surface area contributed by atoms with Crippen LogP contribution in [0.4, 0.5) is 5.13 Å². The monoisotopic (exact) mass is 647 g/mol. The Morgan fingerprint density at radius 1 is 1.14 bits per heavy atom. The molecule has 0 aliphatic carbocycles. The quantitative estimate of drug-likeness (QED) is 0.0469. The Morgan fingerprint density at radius 3 is 2.80 bits per heavy atom. The molecular weight excluding hydrogens is 618 g/mol.